The van der Waals surface area contributed by atoms with Gasteiger partial charge in [0.1, 0.15) is 5.69 Å². The van der Waals surface area contributed by atoms with Crippen LogP contribution < -0.4 is 4.72 Å². The third-order valence-electron chi connectivity index (χ3n) is 3.35. The van der Waals surface area contributed by atoms with Gasteiger partial charge in [0.15, 0.2) is 0 Å². The van der Waals surface area contributed by atoms with Crippen LogP contribution >= 0.6 is 11.3 Å². The number of nitrogens with one attached hydrogen (secondary N) is 1. The minimum atomic E-state index is -3.48. The van der Waals surface area contributed by atoms with Gasteiger partial charge in [0.25, 0.3) is 0 Å². The Bertz CT molecular complexity index is 884. The number of rotatable bonds is 6. The van der Waals surface area contributed by atoms with E-state index in [2.05, 4.69) is 9.82 Å². The molecule has 0 atom stereocenters. The number of nitrogens with zero attached hydrogens (tertiary/aromatic N) is 2. The molecular formula is C16H17N3O2S2. The van der Waals surface area contributed by atoms with Crippen molar-refractivity contribution < 1.29 is 8.42 Å². The maximum Gasteiger partial charge on any atom is 0.240 e. The first-order valence-electron chi connectivity index (χ1n) is 7.18. The second-order valence-electron chi connectivity index (χ2n) is 5.16. The second-order valence-corrected chi connectivity index (χ2v) is 7.87. The fraction of sp³-hybridized carbons (Fsp3) is 0.188. The Morgan fingerprint density at radius 2 is 2.09 bits per heavy atom. The van der Waals surface area contributed by atoms with E-state index in [1.165, 1.54) is 0 Å². The number of sulfonamides is 1. The van der Waals surface area contributed by atoms with Gasteiger partial charge in [-0.1, -0.05) is 18.2 Å². The Labute approximate surface area is 139 Å². The molecule has 1 N–H and O–H groups in total. The second kappa shape index (κ2) is 6.66. The van der Waals surface area contributed by atoms with Crippen molar-refractivity contribution in [3.8, 4) is 10.6 Å². The number of hydrogen-bond acceptors (Lipinski definition) is 4. The molecule has 0 saturated heterocycles. The van der Waals surface area contributed by atoms with Crippen molar-refractivity contribution in [2.24, 2.45) is 0 Å². The van der Waals surface area contributed by atoms with E-state index in [4.69, 9.17) is 0 Å². The smallest absolute Gasteiger partial charge is 0.240 e. The van der Waals surface area contributed by atoms with Crippen molar-refractivity contribution in [3.05, 3.63) is 59.6 Å². The van der Waals surface area contributed by atoms with Crippen LogP contribution in [-0.4, -0.2) is 24.7 Å². The Hall–Kier alpha value is -1.96. The molecule has 0 saturated carbocycles. The molecule has 0 bridgehead atoms. The van der Waals surface area contributed by atoms with Crippen LogP contribution in [0.1, 0.15) is 5.56 Å². The molecule has 0 amide bonds. The summed E-state index contributed by atoms with van der Waals surface area (Å²) < 4.78 is 28.8. The fourth-order valence-corrected chi connectivity index (χ4v) is 4.02. The predicted molar refractivity (Wildman–Crippen MR) is 91.9 cm³/mol. The van der Waals surface area contributed by atoms with E-state index in [1.807, 2.05) is 42.8 Å². The van der Waals surface area contributed by atoms with E-state index in [0.29, 0.717) is 13.1 Å². The zero-order chi connectivity index (χ0) is 16.3. The lowest BCUT2D eigenvalue weighted by Crippen LogP contribution is -2.27. The van der Waals surface area contributed by atoms with Crippen LogP contribution in [0.5, 0.6) is 0 Å². The van der Waals surface area contributed by atoms with Crippen LogP contribution in [0, 0.1) is 6.92 Å². The first-order valence-corrected chi connectivity index (χ1v) is 9.54. The Morgan fingerprint density at radius 3 is 2.83 bits per heavy atom. The lowest BCUT2D eigenvalue weighted by atomic mass is 10.2. The number of aryl methyl sites for hydroxylation is 1. The van der Waals surface area contributed by atoms with Crippen molar-refractivity contribution in [1.29, 1.82) is 0 Å². The van der Waals surface area contributed by atoms with Crippen molar-refractivity contribution in [2.75, 3.05) is 6.54 Å². The Balaban J connectivity index is 1.61. The highest BCUT2D eigenvalue weighted by atomic mass is 32.2. The zero-order valence-electron chi connectivity index (χ0n) is 12.6. The molecule has 3 aromatic rings. The zero-order valence-corrected chi connectivity index (χ0v) is 14.3. The van der Waals surface area contributed by atoms with Crippen LogP contribution in [0.3, 0.4) is 0 Å². The molecule has 120 valence electrons. The minimum absolute atomic E-state index is 0.289. The number of aromatic nitrogens is 2. The average molecular weight is 347 g/mol. The van der Waals surface area contributed by atoms with Gasteiger partial charge >= 0.3 is 0 Å². The van der Waals surface area contributed by atoms with Crippen molar-refractivity contribution in [2.45, 2.75) is 18.4 Å². The molecule has 0 spiro atoms. The third kappa shape index (κ3) is 3.87. The maximum atomic E-state index is 12.2. The van der Waals surface area contributed by atoms with Crippen LogP contribution in [-0.2, 0) is 16.6 Å². The first-order chi connectivity index (χ1) is 11.0. The quantitative estimate of drug-likeness (QED) is 0.746. The van der Waals surface area contributed by atoms with Gasteiger partial charge in [-0.3, -0.25) is 4.68 Å². The molecule has 0 radical (unpaired) electrons. The summed E-state index contributed by atoms with van der Waals surface area (Å²) in [5.41, 5.74) is 1.82. The van der Waals surface area contributed by atoms with Crippen LogP contribution in [0.25, 0.3) is 10.6 Å². The monoisotopic (exact) mass is 347 g/mol. The standard InChI is InChI=1S/C16H17N3O2S2/c1-13-4-2-5-14(12-13)23(20,21)17-8-10-19-9-7-15(18-19)16-6-3-11-22-16/h2-7,9,11-12,17H,8,10H2,1H3. The van der Waals surface area contributed by atoms with Crippen LogP contribution in [0.2, 0.25) is 0 Å². The summed E-state index contributed by atoms with van der Waals surface area (Å²) in [7, 11) is -3.48. The summed E-state index contributed by atoms with van der Waals surface area (Å²) in [5.74, 6) is 0. The lowest BCUT2D eigenvalue weighted by Gasteiger charge is -2.07. The lowest BCUT2D eigenvalue weighted by molar-refractivity contribution is 0.561. The van der Waals surface area contributed by atoms with Crippen LogP contribution in [0.15, 0.2) is 58.9 Å². The topological polar surface area (TPSA) is 64.0 Å². The van der Waals surface area contributed by atoms with Gasteiger partial charge in [-0.2, -0.15) is 5.10 Å². The normalized spacial score (nSPS) is 11.7. The van der Waals surface area contributed by atoms with E-state index in [0.717, 1.165) is 16.1 Å². The molecule has 0 fully saturated rings. The van der Waals surface area contributed by atoms with Gasteiger partial charge in [0, 0.05) is 12.7 Å². The van der Waals surface area contributed by atoms with E-state index in [-0.39, 0.29) is 4.90 Å². The van der Waals surface area contributed by atoms with E-state index >= 15 is 0 Å². The van der Waals surface area contributed by atoms with E-state index < -0.39 is 10.0 Å². The van der Waals surface area contributed by atoms with Gasteiger partial charge in [-0.05, 0) is 42.1 Å². The Kier molecular flexibility index (Phi) is 4.61. The highest BCUT2D eigenvalue weighted by Gasteiger charge is 2.13. The molecule has 7 heteroatoms. The first kappa shape index (κ1) is 15.9. The average Bonchev–Trinajstić information content (AvgIpc) is 3.18. The maximum absolute atomic E-state index is 12.2. The predicted octanol–water partition coefficient (Wildman–Crippen LogP) is 2.90. The fourth-order valence-electron chi connectivity index (χ4n) is 2.20. The molecule has 23 heavy (non-hydrogen) atoms. The summed E-state index contributed by atoms with van der Waals surface area (Å²) in [6.45, 7) is 2.65. The molecule has 5 nitrogen and oxygen atoms in total. The largest absolute Gasteiger partial charge is 0.271 e. The molecular weight excluding hydrogens is 330 g/mol. The number of hydrogen-bond donors (Lipinski definition) is 1. The summed E-state index contributed by atoms with van der Waals surface area (Å²) in [4.78, 5) is 1.39. The molecule has 2 aromatic heterocycles. The SMILES string of the molecule is Cc1cccc(S(=O)(=O)NCCn2ccc(-c3cccs3)n2)c1. The molecule has 0 unspecified atom stereocenters. The summed E-state index contributed by atoms with van der Waals surface area (Å²) in [6.07, 6.45) is 1.86. The number of benzene rings is 1. The highest BCUT2D eigenvalue weighted by molar-refractivity contribution is 7.89. The van der Waals surface area contributed by atoms with Gasteiger partial charge in [-0.25, -0.2) is 13.1 Å². The summed E-state index contributed by atoms with van der Waals surface area (Å²) in [5, 5.41) is 6.46. The summed E-state index contributed by atoms with van der Waals surface area (Å²) >= 11 is 1.63. The van der Waals surface area contributed by atoms with Gasteiger partial charge in [0.2, 0.25) is 10.0 Å². The number of thiophene rings is 1. The summed E-state index contributed by atoms with van der Waals surface area (Å²) in [6, 6.07) is 12.8. The molecule has 1 aromatic carbocycles. The molecule has 0 aliphatic heterocycles. The Morgan fingerprint density at radius 1 is 1.22 bits per heavy atom. The third-order valence-corrected chi connectivity index (χ3v) is 5.70. The van der Waals surface area contributed by atoms with Gasteiger partial charge < -0.3 is 0 Å². The van der Waals surface area contributed by atoms with E-state index in [1.54, 1.807) is 34.2 Å². The minimum Gasteiger partial charge on any atom is -0.271 e. The molecule has 0 aliphatic carbocycles. The highest BCUT2D eigenvalue weighted by Crippen LogP contribution is 2.22. The molecule has 0 aliphatic rings. The van der Waals surface area contributed by atoms with Gasteiger partial charge in [-0.15, -0.1) is 11.3 Å². The van der Waals surface area contributed by atoms with Crippen molar-refractivity contribution in [1.82, 2.24) is 14.5 Å². The van der Waals surface area contributed by atoms with E-state index in [9.17, 15) is 8.42 Å². The van der Waals surface area contributed by atoms with Gasteiger partial charge in [0.05, 0.1) is 16.3 Å². The van der Waals surface area contributed by atoms with Crippen molar-refractivity contribution in [3.63, 3.8) is 0 Å². The molecule has 3 rings (SSSR count). The van der Waals surface area contributed by atoms with Crippen LogP contribution in [0.4, 0.5) is 0 Å². The van der Waals surface area contributed by atoms with Crippen molar-refractivity contribution >= 4 is 21.4 Å². The molecule has 2 heterocycles.